The highest BCUT2D eigenvalue weighted by Gasteiger charge is 2.26. The lowest BCUT2D eigenvalue weighted by Gasteiger charge is -2.28. The van der Waals surface area contributed by atoms with Crippen LogP contribution < -0.4 is 0 Å². The highest BCUT2D eigenvalue weighted by atomic mass is 79.9. The Labute approximate surface area is 87.8 Å². The Morgan fingerprint density at radius 3 is 2.23 bits per heavy atom. The Kier molecular flexibility index (Phi) is 3.53. The van der Waals surface area contributed by atoms with E-state index < -0.39 is 5.69 Å². The highest BCUT2D eigenvalue weighted by Crippen LogP contribution is 2.28. The molecule has 0 amide bonds. The molecule has 0 atom stereocenters. The second-order valence-electron chi connectivity index (χ2n) is 2.83. The van der Waals surface area contributed by atoms with Crippen molar-refractivity contribution in [3.63, 3.8) is 0 Å². The summed E-state index contributed by atoms with van der Waals surface area (Å²) >= 11 is 3.45. The van der Waals surface area contributed by atoms with Crippen LogP contribution in [0.15, 0.2) is 28.7 Å². The molecule has 1 aromatic rings. The fraction of sp³-hybridized carbons (Fsp3) is 0.333. The van der Waals surface area contributed by atoms with Crippen molar-refractivity contribution < 1.29 is 9.47 Å². The molecule has 0 aromatic heterocycles. The molecule has 0 aliphatic rings. The lowest BCUT2D eigenvalue weighted by atomic mass is 9.87. The summed E-state index contributed by atoms with van der Waals surface area (Å²) in [5.41, 5.74) is 0.306. The number of rotatable bonds is 3. The average Bonchev–Trinajstić information content (AvgIpc) is 2.17. The standard InChI is InChI=1S/C9H12BBrO2/c1-12-9(10,13-2)7-5-3-4-6-8(7)11/h3-6H,10H2,1-2H3. The fourth-order valence-corrected chi connectivity index (χ4v) is 1.78. The van der Waals surface area contributed by atoms with Gasteiger partial charge in [0.1, 0.15) is 0 Å². The fourth-order valence-electron chi connectivity index (χ4n) is 1.13. The van der Waals surface area contributed by atoms with Crippen LogP contribution in [-0.4, -0.2) is 22.1 Å². The lowest BCUT2D eigenvalue weighted by molar-refractivity contribution is -0.149. The van der Waals surface area contributed by atoms with E-state index in [-0.39, 0.29) is 0 Å². The van der Waals surface area contributed by atoms with E-state index in [9.17, 15) is 0 Å². The Balaban J connectivity index is 3.12. The maximum Gasteiger partial charge on any atom is 0.185 e. The van der Waals surface area contributed by atoms with Gasteiger partial charge in [-0.25, -0.2) is 0 Å². The van der Waals surface area contributed by atoms with Crippen molar-refractivity contribution in [1.82, 2.24) is 0 Å². The molecule has 4 heteroatoms. The third-order valence-electron chi connectivity index (χ3n) is 2.14. The molecule has 0 heterocycles. The zero-order chi connectivity index (χ0) is 9.90. The van der Waals surface area contributed by atoms with Crippen LogP contribution in [-0.2, 0) is 15.2 Å². The van der Waals surface area contributed by atoms with Crippen molar-refractivity contribution in [2.24, 2.45) is 0 Å². The molecule has 0 unspecified atom stereocenters. The highest BCUT2D eigenvalue weighted by molar-refractivity contribution is 9.10. The first-order valence-electron chi connectivity index (χ1n) is 3.99. The third kappa shape index (κ3) is 2.13. The first-order chi connectivity index (χ1) is 6.14. The van der Waals surface area contributed by atoms with Crippen molar-refractivity contribution in [2.75, 3.05) is 14.2 Å². The molecule has 0 bridgehead atoms. The topological polar surface area (TPSA) is 18.5 Å². The minimum atomic E-state index is -0.680. The summed E-state index contributed by atoms with van der Waals surface area (Å²) in [6.07, 6.45) is 0. The molecule has 2 nitrogen and oxygen atoms in total. The summed E-state index contributed by atoms with van der Waals surface area (Å²) in [4.78, 5) is 0. The van der Waals surface area contributed by atoms with Crippen molar-refractivity contribution in [3.8, 4) is 0 Å². The minimum Gasteiger partial charge on any atom is -0.358 e. The van der Waals surface area contributed by atoms with Crippen LogP contribution in [0.1, 0.15) is 5.56 Å². The van der Waals surface area contributed by atoms with E-state index in [0.717, 1.165) is 10.0 Å². The van der Waals surface area contributed by atoms with Crippen molar-refractivity contribution in [3.05, 3.63) is 34.3 Å². The first-order valence-corrected chi connectivity index (χ1v) is 4.78. The molecule has 0 saturated carbocycles. The molecule has 0 fully saturated rings. The smallest absolute Gasteiger partial charge is 0.185 e. The van der Waals surface area contributed by atoms with Gasteiger partial charge in [0.05, 0.1) is 0 Å². The van der Waals surface area contributed by atoms with Crippen LogP contribution in [0.4, 0.5) is 0 Å². The summed E-state index contributed by atoms with van der Waals surface area (Å²) in [7, 11) is 5.14. The molecular formula is C9H12BBrO2. The van der Waals surface area contributed by atoms with Crippen molar-refractivity contribution in [2.45, 2.75) is 5.69 Å². The first kappa shape index (κ1) is 10.8. The Bertz CT molecular complexity index is 287. The lowest BCUT2D eigenvalue weighted by Crippen LogP contribution is -2.31. The minimum absolute atomic E-state index is 0.680. The molecule has 0 saturated heterocycles. The van der Waals surface area contributed by atoms with E-state index in [1.165, 1.54) is 0 Å². The van der Waals surface area contributed by atoms with Gasteiger partial charge in [0.25, 0.3) is 0 Å². The Hall–Kier alpha value is -0.315. The summed E-state index contributed by atoms with van der Waals surface area (Å²) in [5.74, 6) is 0. The number of hydrogen-bond donors (Lipinski definition) is 0. The Morgan fingerprint density at radius 1 is 1.23 bits per heavy atom. The molecule has 1 aromatic carbocycles. The van der Waals surface area contributed by atoms with Gasteiger partial charge in [0.2, 0.25) is 0 Å². The Morgan fingerprint density at radius 2 is 1.77 bits per heavy atom. The van der Waals surface area contributed by atoms with Gasteiger partial charge < -0.3 is 9.47 Å². The predicted octanol–water partition coefficient (Wildman–Crippen LogP) is 1.49. The van der Waals surface area contributed by atoms with Gasteiger partial charge in [-0.2, -0.15) is 0 Å². The SMILES string of the molecule is BC(OC)(OC)c1ccccc1Br. The van der Waals surface area contributed by atoms with Crippen molar-refractivity contribution in [1.29, 1.82) is 0 Å². The molecule has 70 valence electrons. The van der Waals surface area contributed by atoms with Gasteiger partial charge in [-0.1, -0.05) is 34.1 Å². The van der Waals surface area contributed by atoms with E-state index in [4.69, 9.17) is 9.47 Å². The van der Waals surface area contributed by atoms with Crippen LogP contribution in [0, 0.1) is 0 Å². The van der Waals surface area contributed by atoms with Crippen LogP contribution in [0.5, 0.6) is 0 Å². The van der Waals surface area contributed by atoms with E-state index in [0.29, 0.717) is 0 Å². The maximum absolute atomic E-state index is 5.30. The van der Waals surface area contributed by atoms with E-state index in [1.54, 1.807) is 14.2 Å². The van der Waals surface area contributed by atoms with Gasteiger partial charge in [0.15, 0.2) is 13.5 Å². The molecule has 0 aliphatic carbocycles. The summed E-state index contributed by atoms with van der Waals surface area (Å²) < 4.78 is 11.6. The molecular weight excluding hydrogens is 231 g/mol. The van der Waals surface area contributed by atoms with Gasteiger partial charge in [-0.05, 0) is 6.07 Å². The molecule has 0 aliphatic heterocycles. The van der Waals surface area contributed by atoms with Gasteiger partial charge in [-0.15, -0.1) is 0 Å². The molecule has 0 radical (unpaired) electrons. The number of methoxy groups -OCH3 is 2. The molecule has 13 heavy (non-hydrogen) atoms. The maximum atomic E-state index is 5.30. The van der Waals surface area contributed by atoms with Gasteiger partial charge >= 0.3 is 0 Å². The van der Waals surface area contributed by atoms with Crippen LogP contribution >= 0.6 is 15.9 Å². The summed E-state index contributed by atoms with van der Waals surface area (Å²) in [5, 5.41) is 0. The van der Waals surface area contributed by atoms with Crippen LogP contribution in [0.3, 0.4) is 0 Å². The van der Waals surface area contributed by atoms with E-state index >= 15 is 0 Å². The normalized spacial score (nSPS) is 11.6. The van der Waals surface area contributed by atoms with Gasteiger partial charge in [0, 0.05) is 24.3 Å². The number of ether oxygens (including phenoxy) is 2. The summed E-state index contributed by atoms with van der Waals surface area (Å²) in [6.45, 7) is 0. The summed E-state index contributed by atoms with van der Waals surface area (Å²) in [6, 6.07) is 7.85. The van der Waals surface area contributed by atoms with Crippen LogP contribution in [0.2, 0.25) is 0 Å². The van der Waals surface area contributed by atoms with Crippen LogP contribution in [0.25, 0.3) is 0 Å². The zero-order valence-corrected chi connectivity index (χ0v) is 9.59. The molecule has 1 rings (SSSR count). The average molecular weight is 243 g/mol. The largest absolute Gasteiger partial charge is 0.358 e. The van der Waals surface area contributed by atoms with E-state index in [1.807, 2.05) is 32.1 Å². The number of hydrogen-bond acceptors (Lipinski definition) is 2. The zero-order valence-electron chi connectivity index (χ0n) is 8.00. The number of benzene rings is 1. The van der Waals surface area contributed by atoms with Gasteiger partial charge in [-0.3, -0.25) is 0 Å². The third-order valence-corrected chi connectivity index (χ3v) is 2.83. The van der Waals surface area contributed by atoms with E-state index in [2.05, 4.69) is 15.9 Å². The second-order valence-corrected chi connectivity index (χ2v) is 3.69. The quantitative estimate of drug-likeness (QED) is 0.591. The second kappa shape index (κ2) is 4.27. The molecule has 0 N–H and O–H groups in total. The monoisotopic (exact) mass is 242 g/mol. The van der Waals surface area contributed by atoms with Crippen molar-refractivity contribution >= 4 is 23.8 Å². The molecule has 0 spiro atoms. The predicted molar refractivity (Wildman–Crippen MR) is 58.4 cm³/mol. The number of halogens is 1.